The van der Waals surface area contributed by atoms with Gasteiger partial charge in [0.25, 0.3) is 0 Å². The number of aromatic nitrogens is 2. The van der Waals surface area contributed by atoms with E-state index in [2.05, 4.69) is 45.1 Å². The zero-order valence-corrected chi connectivity index (χ0v) is 15.1. The van der Waals surface area contributed by atoms with Gasteiger partial charge in [0.15, 0.2) is 0 Å². The van der Waals surface area contributed by atoms with E-state index in [1.54, 1.807) is 17.7 Å². The van der Waals surface area contributed by atoms with Crippen molar-refractivity contribution in [3.63, 3.8) is 0 Å². The molecule has 0 N–H and O–H groups in total. The van der Waals surface area contributed by atoms with Crippen LogP contribution in [0.4, 0.5) is 5.82 Å². The first-order valence-electron chi connectivity index (χ1n) is 8.86. The van der Waals surface area contributed by atoms with Crippen LogP contribution in [0.25, 0.3) is 10.2 Å². The van der Waals surface area contributed by atoms with Crippen molar-refractivity contribution >= 4 is 33.3 Å². The Morgan fingerprint density at radius 2 is 2.17 bits per heavy atom. The number of hydrogen-bond acceptors (Lipinski definition) is 5. The molecule has 1 amide bonds. The second-order valence-electron chi connectivity index (χ2n) is 7.33. The monoisotopic (exact) mass is 344 g/mol. The summed E-state index contributed by atoms with van der Waals surface area (Å²) in [7, 11) is 0. The lowest BCUT2D eigenvalue weighted by molar-refractivity contribution is -0.133. The third-order valence-corrected chi connectivity index (χ3v) is 6.01. The van der Waals surface area contributed by atoms with Gasteiger partial charge in [-0.25, -0.2) is 9.97 Å². The lowest BCUT2D eigenvalue weighted by Gasteiger charge is -2.35. The third kappa shape index (κ3) is 2.99. The van der Waals surface area contributed by atoms with E-state index < -0.39 is 0 Å². The predicted molar refractivity (Wildman–Crippen MR) is 97.3 cm³/mol. The highest BCUT2D eigenvalue weighted by Gasteiger charge is 2.36. The highest BCUT2D eigenvalue weighted by atomic mass is 32.1. The number of nitrogens with zero attached hydrogens (tertiary/aromatic N) is 4. The Balaban J connectivity index is 1.65. The second-order valence-corrected chi connectivity index (χ2v) is 8.23. The van der Waals surface area contributed by atoms with Gasteiger partial charge in [-0.1, -0.05) is 13.8 Å². The molecule has 0 unspecified atom stereocenters. The average Bonchev–Trinajstić information content (AvgIpc) is 3.28. The fraction of sp³-hybridized carbons (Fsp3) is 0.611. The smallest absolute Gasteiger partial charge is 0.224 e. The molecule has 3 heterocycles. The molecule has 5 nitrogen and oxygen atoms in total. The van der Waals surface area contributed by atoms with E-state index in [9.17, 15) is 4.79 Å². The van der Waals surface area contributed by atoms with Crippen molar-refractivity contribution < 1.29 is 4.79 Å². The van der Waals surface area contributed by atoms with Crippen LogP contribution >= 0.6 is 11.3 Å². The molecule has 2 aromatic heterocycles. The molecule has 0 spiro atoms. The van der Waals surface area contributed by atoms with E-state index in [0.717, 1.165) is 41.6 Å². The van der Waals surface area contributed by atoms with Crippen molar-refractivity contribution in [2.75, 3.05) is 24.5 Å². The second kappa shape index (κ2) is 6.31. The molecule has 1 aliphatic carbocycles. The number of thiophene rings is 1. The summed E-state index contributed by atoms with van der Waals surface area (Å²) in [6, 6.07) is 2.35. The van der Waals surface area contributed by atoms with Crippen LogP contribution in [0.15, 0.2) is 17.8 Å². The normalized spacial score (nSPS) is 22.5. The van der Waals surface area contributed by atoms with Crippen molar-refractivity contribution in [1.29, 1.82) is 0 Å². The van der Waals surface area contributed by atoms with Gasteiger partial charge in [-0.15, -0.1) is 11.3 Å². The SMILES string of the molecule is CC(C)[C@H]1CN(c2ncnc3sccc23)CCC(=O)N1CC1CC1. The van der Waals surface area contributed by atoms with Gasteiger partial charge in [0.1, 0.15) is 17.0 Å². The van der Waals surface area contributed by atoms with Crippen molar-refractivity contribution in [2.45, 2.75) is 39.2 Å². The molecule has 24 heavy (non-hydrogen) atoms. The molecule has 6 heteroatoms. The number of carbonyl (C=O) groups excluding carboxylic acids is 1. The van der Waals surface area contributed by atoms with Crippen LogP contribution in [0.1, 0.15) is 33.1 Å². The molecule has 1 saturated heterocycles. The van der Waals surface area contributed by atoms with Gasteiger partial charge >= 0.3 is 0 Å². The van der Waals surface area contributed by atoms with E-state index in [4.69, 9.17) is 0 Å². The van der Waals surface area contributed by atoms with Crippen molar-refractivity contribution in [3.8, 4) is 0 Å². The first-order valence-corrected chi connectivity index (χ1v) is 9.74. The molecule has 1 aliphatic heterocycles. The zero-order chi connectivity index (χ0) is 16.7. The molecular formula is C18H24N4OS. The topological polar surface area (TPSA) is 49.3 Å². The van der Waals surface area contributed by atoms with Crippen LogP contribution in [0.5, 0.6) is 0 Å². The Kier molecular flexibility index (Phi) is 4.16. The van der Waals surface area contributed by atoms with Crippen LogP contribution in [-0.4, -0.2) is 46.5 Å². The zero-order valence-electron chi connectivity index (χ0n) is 14.3. The third-order valence-electron chi connectivity index (χ3n) is 5.19. The number of fused-ring (bicyclic) bond motifs is 1. The predicted octanol–water partition coefficient (Wildman–Crippen LogP) is 3.16. The molecule has 0 aromatic carbocycles. The van der Waals surface area contributed by atoms with Crippen molar-refractivity contribution in [1.82, 2.24) is 14.9 Å². The summed E-state index contributed by atoms with van der Waals surface area (Å²) >= 11 is 1.64. The summed E-state index contributed by atoms with van der Waals surface area (Å²) in [5.41, 5.74) is 0. The van der Waals surface area contributed by atoms with Gasteiger partial charge in [0.2, 0.25) is 5.91 Å². The maximum atomic E-state index is 12.8. The Bertz CT molecular complexity index is 739. The Morgan fingerprint density at radius 1 is 1.33 bits per heavy atom. The summed E-state index contributed by atoms with van der Waals surface area (Å²) in [4.78, 5) is 27.1. The Hall–Kier alpha value is -1.69. The Morgan fingerprint density at radius 3 is 2.92 bits per heavy atom. The molecule has 1 atom stereocenters. The first kappa shape index (κ1) is 15.8. The molecule has 2 aliphatic rings. The molecule has 0 bridgehead atoms. The summed E-state index contributed by atoms with van der Waals surface area (Å²) in [6.07, 6.45) is 4.78. The highest BCUT2D eigenvalue weighted by molar-refractivity contribution is 7.16. The summed E-state index contributed by atoms with van der Waals surface area (Å²) in [6.45, 7) is 6.99. The van der Waals surface area contributed by atoms with E-state index in [1.807, 2.05) is 0 Å². The van der Waals surface area contributed by atoms with Crippen LogP contribution in [0.2, 0.25) is 0 Å². The van der Waals surface area contributed by atoms with E-state index in [-0.39, 0.29) is 6.04 Å². The van der Waals surface area contributed by atoms with Crippen LogP contribution < -0.4 is 4.90 Å². The van der Waals surface area contributed by atoms with Gasteiger partial charge in [0.05, 0.1) is 11.4 Å². The largest absolute Gasteiger partial charge is 0.353 e. The van der Waals surface area contributed by atoms with Gasteiger partial charge in [-0.2, -0.15) is 0 Å². The summed E-state index contributed by atoms with van der Waals surface area (Å²) < 4.78 is 0. The fourth-order valence-corrected chi connectivity index (χ4v) is 4.31. The number of hydrogen-bond donors (Lipinski definition) is 0. The lowest BCUT2D eigenvalue weighted by Crippen LogP contribution is -2.47. The average molecular weight is 344 g/mol. The fourth-order valence-electron chi connectivity index (χ4n) is 3.58. The van der Waals surface area contributed by atoms with Crippen molar-refractivity contribution in [3.05, 3.63) is 17.8 Å². The lowest BCUT2D eigenvalue weighted by atomic mass is 10.0. The standard InChI is InChI=1S/C18H24N4OS/c1-12(2)15-10-21(7-5-16(23)22(15)9-13-3-4-13)17-14-6-8-24-18(14)20-11-19-17/h6,8,11-13,15H,3-5,7,9-10H2,1-2H3/t15-/m1/s1. The highest BCUT2D eigenvalue weighted by Crippen LogP contribution is 2.33. The van der Waals surface area contributed by atoms with Crippen LogP contribution in [0.3, 0.4) is 0 Å². The van der Waals surface area contributed by atoms with Crippen LogP contribution in [-0.2, 0) is 4.79 Å². The van der Waals surface area contributed by atoms with Gasteiger partial charge in [-0.3, -0.25) is 4.79 Å². The minimum absolute atomic E-state index is 0.254. The number of rotatable bonds is 4. The van der Waals surface area contributed by atoms with Gasteiger partial charge < -0.3 is 9.80 Å². The maximum absolute atomic E-state index is 12.8. The minimum atomic E-state index is 0.254. The minimum Gasteiger partial charge on any atom is -0.353 e. The number of anilines is 1. The van der Waals surface area contributed by atoms with Gasteiger partial charge in [0, 0.05) is 26.1 Å². The van der Waals surface area contributed by atoms with E-state index in [1.165, 1.54) is 12.8 Å². The summed E-state index contributed by atoms with van der Waals surface area (Å²) in [5.74, 6) is 2.45. The number of carbonyl (C=O) groups is 1. The molecule has 4 rings (SSSR count). The molecular weight excluding hydrogens is 320 g/mol. The molecule has 1 saturated carbocycles. The van der Waals surface area contributed by atoms with Gasteiger partial charge in [-0.05, 0) is 36.1 Å². The molecule has 128 valence electrons. The van der Waals surface area contributed by atoms with E-state index >= 15 is 0 Å². The molecule has 2 fully saturated rings. The quantitative estimate of drug-likeness (QED) is 0.855. The first-order chi connectivity index (χ1) is 11.6. The molecule has 0 radical (unpaired) electrons. The molecule has 2 aromatic rings. The Labute approximate surface area is 146 Å². The van der Waals surface area contributed by atoms with Crippen molar-refractivity contribution in [2.24, 2.45) is 11.8 Å². The maximum Gasteiger partial charge on any atom is 0.224 e. The summed E-state index contributed by atoms with van der Waals surface area (Å²) in [5, 5.41) is 3.17. The number of amides is 1. The van der Waals surface area contributed by atoms with Crippen LogP contribution in [0, 0.1) is 11.8 Å². The van der Waals surface area contributed by atoms with E-state index in [0.29, 0.717) is 18.2 Å².